The molecule has 4 rings (SSSR count). The van der Waals surface area contributed by atoms with Crippen molar-refractivity contribution in [1.82, 2.24) is 19.4 Å². The van der Waals surface area contributed by atoms with Crippen molar-refractivity contribution in [3.63, 3.8) is 0 Å². The smallest absolute Gasteiger partial charge is 0.407 e. The molecule has 2 aromatic rings. The summed E-state index contributed by atoms with van der Waals surface area (Å²) in [6, 6.07) is 7.14. The minimum atomic E-state index is -1.17. The highest BCUT2D eigenvalue weighted by Gasteiger charge is 2.39. The number of aromatic nitrogens is 2. The molecular weight excluding hydrogens is 412 g/mol. The van der Waals surface area contributed by atoms with Gasteiger partial charge in [0.1, 0.15) is 0 Å². The Hall–Kier alpha value is -3.10. The summed E-state index contributed by atoms with van der Waals surface area (Å²) in [5.74, 6) is -1.15. The van der Waals surface area contributed by atoms with Gasteiger partial charge in [0.2, 0.25) is 0 Å². The monoisotopic (exact) mass is 442 g/mol. The third-order valence-electron chi connectivity index (χ3n) is 6.30. The van der Waals surface area contributed by atoms with E-state index in [0.29, 0.717) is 18.3 Å². The molecule has 0 unspecified atom stereocenters. The quantitative estimate of drug-likeness (QED) is 0.681. The van der Waals surface area contributed by atoms with Crippen LogP contribution in [0.15, 0.2) is 24.3 Å². The highest BCUT2D eigenvalue weighted by Crippen LogP contribution is 2.33. The first-order chi connectivity index (χ1) is 15.2. The number of aliphatic carboxylic acids is 1. The summed E-state index contributed by atoms with van der Waals surface area (Å²) in [4.78, 5) is 44.6. The van der Waals surface area contributed by atoms with Gasteiger partial charge in [-0.05, 0) is 43.2 Å². The molecule has 0 spiro atoms. The van der Waals surface area contributed by atoms with E-state index in [1.807, 2.05) is 42.7 Å². The number of fused-ring (bicyclic) bond motifs is 1. The summed E-state index contributed by atoms with van der Waals surface area (Å²) >= 11 is 0. The van der Waals surface area contributed by atoms with Crippen LogP contribution >= 0.6 is 0 Å². The van der Waals surface area contributed by atoms with E-state index >= 15 is 0 Å². The van der Waals surface area contributed by atoms with E-state index < -0.39 is 24.0 Å². The van der Waals surface area contributed by atoms with Crippen LogP contribution in [0.25, 0.3) is 11.0 Å². The topological polar surface area (TPSA) is 116 Å². The molecule has 0 bridgehead atoms. The van der Waals surface area contributed by atoms with Crippen molar-refractivity contribution >= 4 is 29.0 Å². The number of piperidine rings is 1. The van der Waals surface area contributed by atoms with Crippen LogP contribution in [-0.2, 0) is 11.3 Å². The highest BCUT2D eigenvalue weighted by molar-refractivity contribution is 5.95. The maximum Gasteiger partial charge on any atom is 0.407 e. The van der Waals surface area contributed by atoms with E-state index in [2.05, 4.69) is 4.98 Å². The molecule has 1 saturated heterocycles. The zero-order valence-electron chi connectivity index (χ0n) is 18.5. The molecule has 2 heterocycles. The zero-order valence-corrected chi connectivity index (χ0v) is 18.5. The van der Waals surface area contributed by atoms with Crippen molar-refractivity contribution in [2.45, 2.75) is 45.7 Å². The summed E-state index contributed by atoms with van der Waals surface area (Å²) in [7, 11) is 0. The molecule has 2 amide bonds. The number of rotatable bonds is 7. The van der Waals surface area contributed by atoms with Crippen molar-refractivity contribution < 1.29 is 24.6 Å². The maximum absolute atomic E-state index is 13.9. The lowest BCUT2D eigenvalue weighted by Crippen LogP contribution is -2.56. The Bertz CT molecular complexity index is 1010. The van der Waals surface area contributed by atoms with Crippen LogP contribution in [0.5, 0.6) is 0 Å². The first kappa shape index (κ1) is 22.1. The Labute approximate surface area is 186 Å². The molecule has 2 aliphatic rings. The number of benzene rings is 1. The number of carbonyl (C=O) groups excluding carboxylic acids is 1. The largest absolute Gasteiger partial charge is 0.481 e. The molecule has 9 heteroatoms. The fourth-order valence-electron chi connectivity index (χ4n) is 4.54. The average molecular weight is 443 g/mol. The number of para-hydroxylation sites is 2. The molecule has 1 aliphatic carbocycles. The van der Waals surface area contributed by atoms with E-state index in [-0.39, 0.29) is 31.3 Å². The summed E-state index contributed by atoms with van der Waals surface area (Å²) < 4.78 is 1.98. The summed E-state index contributed by atoms with van der Waals surface area (Å²) in [5, 5.41) is 19.1. The van der Waals surface area contributed by atoms with Crippen molar-refractivity contribution in [2.75, 3.05) is 19.6 Å². The Morgan fingerprint density at radius 2 is 1.88 bits per heavy atom. The van der Waals surface area contributed by atoms with Crippen molar-refractivity contribution in [2.24, 2.45) is 17.8 Å². The first-order valence-electron chi connectivity index (χ1n) is 11.2. The third-order valence-corrected chi connectivity index (χ3v) is 6.30. The molecule has 2 atom stereocenters. The fourth-order valence-corrected chi connectivity index (χ4v) is 4.54. The van der Waals surface area contributed by atoms with Gasteiger partial charge >= 0.3 is 12.1 Å². The van der Waals surface area contributed by atoms with Gasteiger partial charge in [0.25, 0.3) is 5.91 Å². The van der Waals surface area contributed by atoms with Crippen LogP contribution in [0.3, 0.4) is 0 Å². The van der Waals surface area contributed by atoms with Crippen molar-refractivity contribution in [3.8, 4) is 0 Å². The standard InChI is InChI=1S/C23H30N4O5/c1-14(2)10-26(17-9-16(22(29)30)12-25(13-17)23(31)32)21(28)20-24-18-5-3-4-6-19(18)27(20)11-15-7-8-15/h3-6,14-17H,7-13H2,1-2H3,(H,29,30)(H,31,32)/t16-,17+/m1/s1. The van der Waals surface area contributed by atoms with Gasteiger partial charge in [-0.25, -0.2) is 9.78 Å². The molecule has 1 aliphatic heterocycles. The first-order valence-corrected chi connectivity index (χ1v) is 11.2. The second-order valence-corrected chi connectivity index (χ2v) is 9.44. The lowest BCUT2D eigenvalue weighted by Gasteiger charge is -2.41. The van der Waals surface area contributed by atoms with Gasteiger partial charge in [-0.2, -0.15) is 0 Å². The lowest BCUT2D eigenvalue weighted by molar-refractivity contribution is -0.144. The molecular formula is C23H30N4O5. The van der Waals surface area contributed by atoms with Crippen LogP contribution in [0.1, 0.15) is 43.7 Å². The van der Waals surface area contributed by atoms with E-state index in [9.17, 15) is 24.6 Å². The van der Waals surface area contributed by atoms with Crippen LogP contribution < -0.4 is 0 Å². The number of hydrogen-bond donors (Lipinski definition) is 2. The van der Waals surface area contributed by atoms with E-state index in [4.69, 9.17) is 0 Å². The second kappa shape index (κ2) is 8.80. The average Bonchev–Trinajstić information content (AvgIpc) is 3.50. The van der Waals surface area contributed by atoms with Crippen molar-refractivity contribution in [1.29, 1.82) is 0 Å². The third kappa shape index (κ3) is 4.56. The summed E-state index contributed by atoms with van der Waals surface area (Å²) in [5.41, 5.74) is 1.66. The normalized spacial score (nSPS) is 21.2. The lowest BCUT2D eigenvalue weighted by atomic mass is 9.92. The van der Waals surface area contributed by atoms with Gasteiger partial charge in [0.05, 0.1) is 23.0 Å². The van der Waals surface area contributed by atoms with Crippen LogP contribution in [0.2, 0.25) is 0 Å². The molecule has 1 aromatic carbocycles. The summed E-state index contributed by atoms with van der Waals surface area (Å²) in [6.45, 7) is 5.13. The Morgan fingerprint density at radius 1 is 1.16 bits per heavy atom. The Morgan fingerprint density at radius 3 is 2.50 bits per heavy atom. The highest BCUT2D eigenvalue weighted by atomic mass is 16.4. The SMILES string of the molecule is CC(C)CN(C(=O)c1nc2ccccc2n1CC1CC1)[C@H]1C[C@@H](C(=O)O)CN(C(=O)O)C1. The molecule has 0 radical (unpaired) electrons. The van der Waals surface area contributed by atoms with Crippen LogP contribution in [0.4, 0.5) is 4.79 Å². The minimum Gasteiger partial charge on any atom is -0.481 e. The number of carboxylic acid groups (broad SMARTS) is 2. The minimum absolute atomic E-state index is 0.0644. The van der Waals surface area contributed by atoms with E-state index in [1.54, 1.807) is 4.90 Å². The summed E-state index contributed by atoms with van der Waals surface area (Å²) in [6.07, 6.45) is 1.32. The number of carbonyl (C=O) groups is 3. The Kier molecular flexibility index (Phi) is 6.08. The number of amides is 2. The predicted molar refractivity (Wildman–Crippen MR) is 117 cm³/mol. The van der Waals surface area contributed by atoms with Gasteiger partial charge in [-0.1, -0.05) is 26.0 Å². The fraction of sp³-hybridized carbons (Fsp3) is 0.565. The van der Waals surface area contributed by atoms with Crippen molar-refractivity contribution in [3.05, 3.63) is 30.1 Å². The molecule has 1 aromatic heterocycles. The molecule has 2 N–H and O–H groups in total. The molecule has 172 valence electrons. The second-order valence-electron chi connectivity index (χ2n) is 9.44. The van der Waals surface area contributed by atoms with E-state index in [0.717, 1.165) is 35.3 Å². The predicted octanol–water partition coefficient (Wildman–Crippen LogP) is 3.00. The van der Waals surface area contributed by atoms with Crippen LogP contribution in [-0.4, -0.2) is 73.2 Å². The zero-order chi connectivity index (χ0) is 23.0. The molecule has 32 heavy (non-hydrogen) atoms. The van der Waals surface area contributed by atoms with Gasteiger partial charge in [-0.15, -0.1) is 0 Å². The Balaban J connectivity index is 1.71. The van der Waals surface area contributed by atoms with Gasteiger partial charge in [0.15, 0.2) is 5.82 Å². The van der Waals surface area contributed by atoms with E-state index in [1.165, 1.54) is 0 Å². The van der Waals surface area contributed by atoms with Gasteiger partial charge in [0, 0.05) is 26.2 Å². The number of carboxylic acids is 1. The molecule has 9 nitrogen and oxygen atoms in total. The molecule has 2 fully saturated rings. The van der Waals surface area contributed by atoms with Gasteiger partial charge in [-0.3, -0.25) is 9.59 Å². The maximum atomic E-state index is 13.9. The number of likely N-dealkylation sites (tertiary alicyclic amines) is 1. The van der Waals surface area contributed by atoms with Crippen LogP contribution in [0, 0.1) is 17.8 Å². The number of nitrogens with zero attached hydrogens (tertiary/aromatic N) is 4. The number of hydrogen-bond acceptors (Lipinski definition) is 4. The molecule has 1 saturated carbocycles. The van der Waals surface area contributed by atoms with Gasteiger partial charge < -0.3 is 24.6 Å². The number of imidazole rings is 1.